The normalized spacial score (nSPS) is 19.2. The first-order valence-corrected chi connectivity index (χ1v) is 9.78. The molecule has 1 aliphatic rings. The van der Waals surface area contributed by atoms with Crippen molar-refractivity contribution in [2.45, 2.75) is 24.9 Å². The highest BCUT2D eigenvalue weighted by Crippen LogP contribution is 2.45. The standard InChI is InChI=1S/C19H11ClF6N6O/c20-14-12(7-2-28-31-16(7)13(15(14)22)17(23)19(24,25)26)9-4-32-5-10(29-11(32)3-27-9)30-18(33)6-1-8(6)21/h2-6,8,17H,1H2,(H,28,31)(H,30,33). The summed E-state index contributed by atoms with van der Waals surface area (Å²) < 4.78 is 82.3. The molecule has 3 atom stereocenters. The van der Waals surface area contributed by atoms with E-state index in [0.29, 0.717) is 0 Å². The second-order valence-corrected chi connectivity index (χ2v) is 7.87. The molecule has 1 aromatic carbocycles. The van der Waals surface area contributed by atoms with Gasteiger partial charge in [-0.25, -0.2) is 18.2 Å². The number of fused-ring (bicyclic) bond motifs is 2. The van der Waals surface area contributed by atoms with Gasteiger partial charge in [0, 0.05) is 17.1 Å². The van der Waals surface area contributed by atoms with Gasteiger partial charge >= 0.3 is 6.18 Å². The van der Waals surface area contributed by atoms with Gasteiger partial charge in [0.2, 0.25) is 12.1 Å². The summed E-state index contributed by atoms with van der Waals surface area (Å²) in [6, 6.07) is 0. The van der Waals surface area contributed by atoms with E-state index >= 15 is 0 Å². The summed E-state index contributed by atoms with van der Waals surface area (Å²) in [5, 5.41) is 7.43. The van der Waals surface area contributed by atoms with Crippen LogP contribution in [0.5, 0.6) is 0 Å². The first-order valence-electron chi connectivity index (χ1n) is 9.41. The Morgan fingerprint density at radius 3 is 2.70 bits per heavy atom. The second-order valence-electron chi connectivity index (χ2n) is 7.49. The van der Waals surface area contributed by atoms with Gasteiger partial charge in [0.15, 0.2) is 17.3 Å². The molecular weight excluding hydrogens is 478 g/mol. The number of aromatic nitrogens is 5. The number of hydrogen-bond acceptors (Lipinski definition) is 4. The molecule has 172 valence electrons. The number of nitrogens with one attached hydrogen (secondary N) is 2. The number of H-pyrrole nitrogens is 1. The van der Waals surface area contributed by atoms with Gasteiger partial charge in [0.25, 0.3) is 0 Å². The topological polar surface area (TPSA) is 88.0 Å². The van der Waals surface area contributed by atoms with Crippen molar-refractivity contribution in [1.29, 1.82) is 0 Å². The van der Waals surface area contributed by atoms with Crippen molar-refractivity contribution < 1.29 is 31.1 Å². The first-order chi connectivity index (χ1) is 15.6. The Morgan fingerprint density at radius 2 is 2.03 bits per heavy atom. The Balaban J connectivity index is 1.59. The molecule has 0 bridgehead atoms. The maximum absolute atomic E-state index is 14.9. The van der Waals surface area contributed by atoms with Crippen LogP contribution in [0.15, 0.2) is 24.8 Å². The molecule has 0 radical (unpaired) electrons. The van der Waals surface area contributed by atoms with E-state index in [1.807, 2.05) is 0 Å². The molecule has 14 heteroatoms. The van der Waals surface area contributed by atoms with Crippen LogP contribution < -0.4 is 5.32 Å². The number of anilines is 1. The molecule has 3 unspecified atom stereocenters. The van der Waals surface area contributed by atoms with Crippen molar-refractivity contribution in [2.24, 2.45) is 5.92 Å². The average molecular weight is 489 g/mol. The molecule has 3 aromatic heterocycles. The third-order valence-electron chi connectivity index (χ3n) is 5.27. The van der Waals surface area contributed by atoms with Gasteiger partial charge in [-0.2, -0.15) is 18.3 Å². The van der Waals surface area contributed by atoms with Crippen molar-refractivity contribution in [3.8, 4) is 11.3 Å². The minimum Gasteiger partial charge on any atom is -0.309 e. The van der Waals surface area contributed by atoms with Crippen LogP contribution in [0.25, 0.3) is 27.8 Å². The van der Waals surface area contributed by atoms with Gasteiger partial charge < -0.3 is 9.72 Å². The molecule has 4 aromatic rings. The molecule has 5 rings (SSSR count). The summed E-state index contributed by atoms with van der Waals surface area (Å²) in [5.74, 6) is -2.73. The lowest BCUT2D eigenvalue weighted by Gasteiger charge is -2.17. The maximum atomic E-state index is 14.9. The summed E-state index contributed by atoms with van der Waals surface area (Å²) in [5.41, 5.74) is -1.64. The molecule has 1 aliphatic carbocycles. The van der Waals surface area contributed by atoms with E-state index in [1.165, 1.54) is 23.0 Å². The summed E-state index contributed by atoms with van der Waals surface area (Å²) in [6.07, 6.45) is -4.97. The zero-order chi connectivity index (χ0) is 23.7. The lowest BCUT2D eigenvalue weighted by atomic mass is 9.99. The van der Waals surface area contributed by atoms with Crippen molar-refractivity contribution in [2.75, 3.05) is 5.32 Å². The van der Waals surface area contributed by atoms with Gasteiger partial charge in [-0.3, -0.25) is 14.9 Å². The van der Waals surface area contributed by atoms with Crippen molar-refractivity contribution in [3.63, 3.8) is 0 Å². The number of aromatic amines is 1. The molecule has 0 spiro atoms. The smallest absolute Gasteiger partial charge is 0.309 e. The molecule has 33 heavy (non-hydrogen) atoms. The fourth-order valence-electron chi connectivity index (χ4n) is 3.53. The van der Waals surface area contributed by atoms with Crippen LogP contribution in [-0.4, -0.2) is 42.8 Å². The zero-order valence-corrected chi connectivity index (χ0v) is 16.8. The van der Waals surface area contributed by atoms with E-state index in [1.54, 1.807) is 0 Å². The van der Waals surface area contributed by atoms with Gasteiger partial charge in [-0.15, -0.1) is 0 Å². The number of imidazole rings is 1. The highest BCUT2D eigenvalue weighted by molar-refractivity contribution is 6.35. The van der Waals surface area contributed by atoms with E-state index in [2.05, 4.69) is 25.5 Å². The quantitative estimate of drug-likeness (QED) is 0.399. The Bertz CT molecular complexity index is 1420. The van der Waals surface area contributed by atoms with E-state index in [-0.39, 0.29) is 34.5 Å². The molecule has 1 amide bonds. The van der Waals surface area contributed by atoms with E-state index < -0.39 is 52.3 Å². The van der Waals surface area contributed by atoms with Crippen LogP contribution in [0.3, 0.4) is 0 Å². The van der Waals surface area contributed by atoms with Crippen molar-refractivity contribution >= 4 is 39.9 Å². The predicted molar refractivity (Wildman–Crippen MR) is 105 cm³/mol. The summed E-state index contributed by atoms with van der Waals surface area (Å²) >= 11 is 6.04. The number of halogens is 7. The average Bonchev–Trinajstić information content (AvgIpc) is 3.11. The number of carbonyl (C=O) groups excluding carboxylic acids is 1. The zero-order valence-electron chi connectivity index (χ0n) is 16.1. The highest BCUT2D eigenvalue weighted by Gasteiger charge is 2.45. The van der Waals surface area contributed by atoms with Crippen LogP contribution >= 0.6 is 11.6 Å². The number of amides is 1. The third kappa shape index (κ3) is 3.56. The van der Waals surface area contributed by atoms with Crippen LogP contribution in [0.1, 0.15) is 18.2 Å². The van der Waals surface area contributed by atoms with Gasteiger partial charge in [0.1, 0.15) is 6.17 Å². The summed E-state index contributed by atoms with van der Waals surface area (Å²) in [7, 11) is 0. The van der Waals surface area contributed by atoms with Crippen LogP contribution in [0, 0.1) is 11.7 Å². The number of nitrogens with zero attached hydrogens (tertiary/aromatic N) is 4. The number of carbonyl (C=O) groups is 1. The number of benzene rings is 1. The SMILES string of the molecule is O=C(Nc1cn2cc(-c3c(Cl)c(F)c(C(F)C(F)(F)F)c4[nH]ncc34)ncc2n1)C1CC1F. The van der Waals surface area contributed by atoms with E-state index in [0.717, 1.165) is 6.20 Å². The lowest BCUT2D eigenvalue weighted by molar-refractivity contribution is -0.183. The summed E-state index contributed by atoms with van der Waals surface area (Å²) in [4.78, 5) is 20.2. The minimum atomic E-state index is -5.36. The Kier molecular flexibility index (Phi) is 4.78. The second kappa shape index (κ2) is 7.33. The van der Waals surface area contributed by atoms with Gasteiger partial charge in [-0.1, -0.05) is 11.6 Å². The molecule has 7 nitrogen and oxygen atoms in total. The molecule has 0 saturated heterocycles. The van der Waals surface area contributed by atoms with Gasteiger partial charge in [-0.05, 0) is 6.42 Å². The first kappa shape index (κ1) is 21.5. The molecular formula is C19H11ClF6N6O. The largest absolute Gasteiger partial charge is 0.424 e. The number of alkyl halides is 5. The minimum absolute atomic E-state index is 0.0214. The van der Waals surface area contributed by atoms with Crippen molar-refractivity contribution in [3.05, 3.63) is 41.2 Å². The predicted octanol–water partition coefficient (Wildman–Crippen LogP) is 4.93. The Morgan fingerprint density at radius 1 is 1.30 bits per heavy atom. The Hall–Kier alpha value is -3.35. The third-order valence-corrected chi connectivity index (χ3v) is 5.62. The van der Waals surface area contributed by atoms with Crippen LogP contribution in [0.4, 0.5) is 32.2 Å². The lowest BCUT2D eigenvalue weighted by Crippen LogP contribution is -2.18. The van der Waals surface area contributed by atoms with E-state index in [4.69, 9.17) is 11.6 Å². The number of rotatable bonds is 4. The highest BCUT2D eigenvalue weighted by atomic mass is 35.5. The fourth-order valence-corrected chi connectivity index (χ4v) is 3.83. The van der Waals surface area contributed by atoms with Gasteiger partial charge in [0.05, 0.1) is 46.3 Å². The number of hydrogen-bond donors (Lipinski definition) is 2. The molecule has 1 fully saturated rings. The molecule has 1 saturated carbocycles. The fraction of sp³-hybridized carbons (Fsp3) is 0.263. The van der Waals surface area contributed by atoms with E-state index in [9.17, 15) is 31.1 Å². The van der Waals surface area contributed by atoms with Crippen LogP contribution in [-0.2, 0) is 4.79 Å². The molecule has 0 aliphatic heterocycles. The van der Waals surface area contributed by atoms with Crippen molar-refractivity contribution in [1.82, 2.24) is 24.6 Å². The summed E-state index contributed by atoms with van der Waals surface area (Å²) in [6.45, 7) is 0. The Labute approximate surface area is 184 Å². The monoisotopic (exact) mass is 488 g/mol. The van der Waals surface area contributed by atoms with Crippen LogP contribution in [0.2, 0.25) is 5.02 Å². The molecule has 2 N–H and O–H groups in total. The maximum Gasteiger partial charge on any atom is 0.424 e. The molecule has 3 heterocycles.